The van der Waals surface area contributed by atoms with Crippen molar-refractivity contribution in [2.45, 2.75) is 31.2 Å². The van der Waals surface area contributed by atoms with Crippen LogP contribution in [0.25, 0.3) is 11.3 Å². The van der Waals surface area contributed by atoms with Gasteiger partial charge in [0.15, 0.2) is 5.82 Å². The monoisotopic (exact) mass is 377 g/mol. The second kappa shape index (κ2) is 6.60. The summed E-state index contributed by atoms with van der Waals surface area (Å²) in [6.45, 7) is 0. The SMILES string of the molecule is CN(C(=O)C1C2CCC(O2)C1C(F)(F)F)c1ccc(-c2ccccc2)nn1. The minimum absolute atomic E-state index is 0.211. The Labute approximate surface area is 154 Å². The van der Waals surface area contributed by atoms with E-state index in [1.54, 1.807) is 12.1 Å². The number of carbonyl (C=O) groups excluding carboxylic acids is 1. The first-order valence-electron chi connectivity index (χ1n) is 8.75. The van der Waals surface area contributed by atoms with E-state index in [1.807, 2.05) is 30.3 Å². The Balaban J connectivity index is 1.55. The highest BCUT2D eigenvalue weighted by molar-refractivity contribution is 5.94. The summed E-state index contributed by atoms with van der Waals surface area (Å²) in [7, 11) is 1.42. The molecule has 0 aliphatic carbocycles. The molecule has 2 fully saturated rings. The van der Waals surface area contributed by atoms with Crippen LogP contribution in [0.4, 0.5) is 19.0 Å². The van der Waals surface area contributed by atoms with Gasteiger partial charge in [-0.3, -0.25) is 9.69 Å². The molecular weight excluding hydrogens is 359 g/mol. The molecule has 2 aromatic rings. The molecule has 1 amide bonds. The van der Waals surface area contributed by atoms with Gasteiger partial charge < -0.3 is 4.74 Å². The van der Waals surface area contributed by atoms with Crippen molar-refractivity contribution < 1.29 is 22.7 Å². The van der Waals surface area contributed by atoms with Gasteiger partial charge in [-0.2, -0.15) is 13.2 Å². The second-order valence-electron chi connectivity index (χ2n) is 6.92. The molecule has 5 nitrogen and oxygen atoms in total. The number of anilines is 1. The fourth-order valence-corrected chi connectivity index (χ4v) is 4.01. The summed E-state index contributed by atoms with van der Waals surface area (Å²) in [5, 5.41) is 8.13. The number of ether oxygens (including phenoxy) is 1. The van der Waals surface area contributed by atoms with E-state index < -0.39 is 36.1 Å². The number of aromatic nitrogens is 2. The van der Waals surface area contributed by atoms with E-state index >= 15 is 0 Å². The van der Waals surface area contributed by atoms with Gasteiger partial charge >= 0.3 is 6.18 Å². The van der Waals surface area contributed by atoms with Gasteiger partial charge in [-0.05, 0) is 25.0 Å². The Morgan fingerprint density at radius 3 is 2.41 bits per heavy atom. The number of benzene rings is 1. The number of hydrogen-bond acceptors (Lipinski definition) is 4. The molecule has 2 aliphatic rings. The Kier molecular flexibility index (Phi) is 4.38. The molecule has 4 unspecified atom stereocenters. The van der Waals surface area contributed by atoms with Crippen LogP contribution < -0.4 is 4.90 Å². The first-order chi connectivity index (χ1) is 12.9. The predicted molar refractivity (Wildman–Crippen MR) is 91.8 cm³/mol. The molecule has 1 aromatic heterocycles. The third kappa shape index (κ3) is 3.18. The van der Waals surface area contributed by atoms with Gasteiger partial charge in [-0.15, -0.1) is 10.2 Å². The smallest absolute Gasteiger partial charge is 0.373 e. The molecule has 4 atom stereocenters. The van der Waals surface area contributed by atoms with Crippen LogP contribution in [0, 0.1) is 11.8 Å². The molecule has 1 aromatic carbocycles. The first kappa shape index (κ1) is 17.9. The fourth-order valence-electron chi connectivity index (χ4n) is 4.01. The van der Waals surface area contributed by atoms with Crippen LogP contribution in [0.3, 0.4) is 0 Å². The average Bonchev–Trinajstić information content (AvgIpc) is 3.29. The van der Waals surface area contributed by atoms with Gasteiger partial charge in [-0.25, -0.2) is 0 Å². The molecule has 27 heavy (non-hydrogen) atoms. The molecular formula is C19H18F3N3O2. The summed E-state index contributed by atoms with van der Waals surface area (Å²) >= 11 is 0. The maximum atomic E-state index is 13.5. The van der Waals surface area contributed by atoms with Gasteiger partial charge in [0.1, 0.15) is 0 Å². The van der Waals surface area contributed by atoms with Crippen molar-refractivity contribution in [1.82, 2.24) is 10.2 Å². The summed E-state index contributed by atoms with van der Waals surface area (Å²) in [5.74, 6) is -3.42. The molecule has 0 spiro atoms. The molecule has 0 saturated carbocycles. The highest BCUT2D eigenvalue weighted by Gasteiger charge is 2.62. The lowest BCUT2D eigenvalue weighted by atomic mass is 9.78. The summed E-state index contributed by atoms with van der Waals surface area (Å²) in [6, 6.07) is 12.6. The van der Waals surface area contributed by atoms with E-state index in [0.29, 0.717) is 18.5 Å². The van der Waals surface area contributed by atoms with E-state index in [1.165, 1.54) is 7.05 Å². The third-order valence-corrected chi connectivity index (χ3v) is 5.33. The topological polar surface area (TPSA) is 55.3 Å². The Bertz CT molecular complexity index is 826. The van der Waals surface area contributed by atoms with E-state index in [-0.39, 0.29) is 5.82 Å². The van der Waals surface area contributed by atoms with Gasteiger partial charge in [0.05, 0.1) is 29.7 Å². The summed E-state index contributed by atoms with van der Waals surface area (Å²) in [5.41, 5.74) is 1.49. The zero-order chi connectivity index (χ0) is 19.2. The molecule has 142 valence electrons. The van der Waals surface area contributed by atoms with Crippen molar-refractivity contribution in [3.05, 3.63) is 42.5 Å². The van der Waals surface area contributed by atoms with Crippen LogP contribution in [0.2, 0.25) is 0 Å². The van der Waals surface area contributed by atoms with E-state index in [2.05, 4.69) is 10.2 Å². The van der Waals surface area contributed by atoms with Gasteiger partial charge in [0.25, 0.3) is 0 Å². The highest BCUT2D eigenvalue weighted by Crippen LogP contribution is 2.51. The summed E-state index contributed by atoms with van der Waals surface area (Å²) < 4.78 is 45.8. The molecule has 0 N–H and O–H groups in total. The number of fused-ring (bicyclic) bond motifs is 2. The van der Waals surface area contributed by atoms with E-state index in [4.69, 9.17) is 4.74 Å². The lowest BCUT2D eigenvalue weighted by Gasteiger charge is -2.31. The first-order valence-corrected chi connectivity index (χ1v) is 8.75. The molecule has 3 heterocycles. The maximum Gasteiger partial charge on any atom is 0.395 e. The van der Waals surface area contributed by atoms with Crippen molar-refractivity contribution >= 4 is 11.7 Å². The zero-order valence-corrected chi connectivity index (χ0v) is 14.6. The minimum Gasteiger partial charge on any atom is -0.373 e. The number of nitrogens with zero attached hydrogens (tertiary/aromatic N) is 3. The minimum atomic E-state index is -4.47. The van der Waals surface area contributed by atoms with E-state index in [9.17, 15) is 18.0 Å². The largest absolute Gasteiger partial charge is 0.395 e. The molecule has 0 radical (unpaired) electrons. The second-order valence-corrected chi connectivity index (χ2v) is 6.92. The third-order valence-electron chi connectivity index (χ3n) is 5.33. The van der Waals surface area contributed by atoms with Crippen molar-refractivity contribution in [3.63, 3.8) is 0 Å². The van der Waals surface area contributed by atoms with Crippen molar-refractivity contribution in [1.29, 1.82) is 0 Å². The van der Waals surface area contributed by atoms with Gasteiger partial charge in [0, 0.05) is 12.6 Å². The molecule has 2 aliphatic heterocycles. The Morgan fingerprint density at radius 1 is 1.07 bits per heavy atom. The number of hydrogen-bond donors (Lipinski definition) is 0. The zero-order valence-electron chi connectivity index (χ0n) is 14.6. The van der Waals surface area contributed by atoms with Crippen LogP contribution in [0.1, 0.15) is 12.8 Å². The Morgan fingerprint density at radius 2 is 1.78 bits per heavy atom. The molecule has 8 heteroatoms. The highest BCUT2D eigenvalue weighted by atomic mass is 19.4. The number of carbonyl (C=O) groups is 1. The van der Waals surface area contributed by atoms with Crippen LogP contribution in [-0.2, 0) is 9.53 Å². The number of rotatable bonds is 3. The molecule has 4 rings (SSSR count). The van der Waals surface area contributed by atoms with Crippen molar-refractivity contribution in [2.75, 3.05) is 11.9 Å². The van der Waals surface area contributed by atoms with Crippen LogP contribution >= 0.6 is 0 Å². The van der Waals surface area contributed by atoms with Crippen LogP contribution in [0.15, 0.2) is 42.5 Å². The molecule has 2 bridgehead atoms. The Hall–Kier alpha value is -2.48. The van der Waals surface area contributed by atoms with Crippen LogP contribution in [-0.4, -0.2) is 41.5 Å². The summed E-state index contributed by atoms with van der Waals surface area (Å²) in [6.07, 6.45) is -5.27. The van der Waals surface area contributed by atoms with Gasteiger partial charge in [-0.1, -0.05) is 30.3 Å². The standard InChI is InChI=1S/C19H18F3N3O2/c1-25(15-10-7-12(23-24-15)11-5-3-2-4-6-11)18(26)16-13-8-9-14(27-13)17(16)19(20,21)22/h2-7,10,13-14,16-17H,8-9H2,1H3. The lowest BCUT2D eigenvalue weighted by molar-refractivity contribution is -0.196. The maximum absolute atomic E-state index is 13.5. The number of amides is 1. The number of alkyl halides is 3. The average molecular weight is 377 g/mol. The normalized spacial score (nSPS) is 27.0. The number of halogens is 3. The van der Waals surface area contributed by atoms with Crippen LogP contribution in [0.5, 0.6) is 0 Å². The quantitative estimate of drug-likeness (QED) is 0.822. The van der Waals surface area contributed by atoms with Crippen molar-refractivity contribution in [3.8, 4) is 11.3 Å². The van der Waals surface area contributed by atoms with Crippen molar-refractivity contribution in [2.24, 2.45) is 11.8 Å². The lowest BCUT2D eigenvalue weighted by Crippen LogP contribution is -2.47. The fraction of sp³-hybridized carbons (Fsp3) is 0.421. The molecule has 2 saturated heterocycles. The predicted octanol–water partition coefficient (Wildman–Crippen LogP) is 3.46. The van der Waals surface area contributed by atoms with E-state index in [0.717, 1.165) is 10.5 Å². The van der Waals surface area contributed by atoms with Gasteiger partial charge in [0.2, 0.25) is 5.91 Å². The summed E-state index contributed by atoms with van der Waals surface area (Å²) in [4.78, 5) is 14.0.